The van der Waals surface area contributed by atoms with Crippen molar-refractivity contribution in [2.24, 2.45) is 0 Å². The Labute approximate surface area is 128 Å². The second kappa shape index (κ2) is 6.08. The maximum absolute atomic E-state index is 12.7. The summed E-state index contributed by atoms with van der Waals surface area (Å²) in [5.74, 6) is 0.248. The van der Waals surface area contributed by atoms with Crippen LogP contribution in [0, 0.1) is 0 Å². The minimum absolute atomic E-state index is 0.0968. The Morgan fingerprint density at radius 3 is 3.05 bits per heavy atom. The predicted molar refractivity (Wildman–Crippen MR) is 81.6 cm³/mol. The Bertz CT molecular complexity index is 650. The first-order valence-corrected chi connectivity index (χ1v) is 7.68. The number of furan rings is 1. The summed E-state index contributed by atoms with van der Waals surface area (Å²) in [5, 5.41) is 10.6. The zero-order valence-corrected chi connectivity index (χ0v) is 12.5. The van der Waals surface area contributed by atoms with E-state index in [-0.39, 0.29) is 18.6 Å². The van der Waals surface area contributed by atoms with Crippen molar-refractivity contribution in [2.75, 3.05) is 13.2 Å². The van der Waals surface area contributed by atoms with Crippen molar-refractivity contribution in [3.8, 4) is 0 Å². The van der Waals surface area contributed by atoms with E-state index in [1.807, 2.05) is 4.90 Å². The fourth-order valence-electron chi connectivity index (χ4n) is 2.98. The van der Waals surface area contributed by atoms with Gasteiger partial charge in [-0.1, -0.05) is 11.6 Å². The van der Waals surface area contributed by atoms with Gasteiger partial charge in [0.2, 0.25) is 0 Å². The minimum Gasteiger partial charge on any atom is -0.451 e. The molecule has 1 fully saturated rings. The van der Waals surface area contributed by atoms with Gasteiger partial charge in [-0.25, -0.2) is 0 Å². The first-order valence-electron chi connectivity index (χ1n) is 7.30. The van der Waals surface area contributed by atoms with Crippen LogP contribution in [0.15, 0.2) is 28.7 Å². The molecule has 5 heteroatoms. The number of likely N-dealkylation sites (tertiary alicyclic amines) is 1. The van der Waals surface area contributed by atoms with Crippen LogP contribution >= 0.6 is 11.6 Å². The van der Waals surface area contributed by atoms with Crippen LogP contribution in [-0.2, 0) is 0 Å². The molecule has 21 heavy (non-hydrogen) atoms. The second-order valence-corrected chi connectivity index (χ2v) is 5.89. The lowest BCUT2D eigenvalue weighted by molar-refractivity contribution is 0.0545. The number of aliphatic hydroxyl groups is 1. The lowest BCUT2D eigenvalue weighted by Gasteiger charge is -2.34. The molecule has 1 aliphatic heterocycles. The highest BCUT2D eigenvalue weighted by Crippen LogP contribution is 2.26. The molecule has 1 amide bonds. The molecule has 2 aromatic rings. The van der Waals surface area contributed by atoms with E-state index in [0.717, 1.165) is 31.2 Å². The number of benzene rings is 1. The van der Waals surface area contributed by atoms with Gasteiger partial charge in [0.25, 0.3) is 5.91 Å². The second-order valence-electron chi connectivity index (χ2n) is 5.45. The Morgan fingerprint density at radius 2 is 2.24 bits per heavy atom. The third kappa shape index (κ3) is 2.92. The predicted octanol–water partition coefficient (Wildman–Crippen LogP) is 3.46. The molecule has 1 aromatic carbocycles. The number of halogens is 1. The number of carbonyl (C=O) groups excluding carboxylic acids is 1. The summed E-state index contributed by atoms with van der Waals surface area (Å²) in [7, 11) is 0. The third-order valence-electron chi connectivity index (χ3n) is 4.04. The first-order chi connectivity index (χ1) is 10.2. The van der Waals surface area contributed by atoms with Crippen LogP contribution in [0.5, 0.6) is 0 Å². The molecule has 0 radical (unpaired) electrons. The summed E-state index contributed by atoms with van der Waals surface area (Å²) in [6.07, 6.45) is 3.67. The smallest absolute Gasteiger partial charge is 0.289 e. The van der Waals surface area contributed by atoms with Crippen LogP contribution in [0.1, 0.15) is 36.2 Å². The van der Waals surface area contributed by atoms with Crippen LogP contribution in [0.4, 0.5) is 0 Å². The van der Waals surface area contributed by atoms with Gasteiger partial charge in [0.05, 0.1) is 0 Å². The molecule has 4 nitrogen and oxygen atoms in total. The van der Waals surface area contributed by atoms with E-state index in [2.05, 4.69) is 0 Å². The van der Waals surface area contributed by atoms with Gasteiger partial charge in [0.15, 0.2) is 5.76 Å². The van der Waals surface area contributed by atoms with Gasteiger partial charge >= 0.3 is 0 Å². The Hall–Kier alpha value is -1.52. The molecule has 1 atom stereocenters. The average Bonchev–Trinajstić information content (AvgIpc) is 2.90. The van der Waals surface area contributed by atoms with Crippen LogP contribution in [-0.4, -0.2) is 35.1 Å². The molecule has 0 bridgehead atoms. The van der Waals surface area contributed by atoms with Gasteiger partial charge in [-0.15, -0.1) is 0 Å². The number of aliphatic hydroxyl groups excluding tert-OH is 1. The van der Waals surface area contributed by atoms with Gasteiger partial charge in [0.1, 0.15) is 5.58 Å². The number of carbonyl (C=O) groups is 1. The van der Waals surface area contributed by atoms with Crippen LogP contribution < -0.4 is 0 Å². The van der Waals surface area contributed by atoms with Gasteiger partial charge in [-0.2, -0.15) is 0 Å². The molecule has 0 aliphatic carbocycles. The summed E-state index contributed by atoms with van der Waals surface area (Å²) in [6, 6.07) is 7.16. The van der Waals surface area contributed by atoms with Crippen LogP contribution in [0.2, 0.25) is 5.02 Å². The van der Waals surface area contributed by atoms with Gasteiger partial charge in [0, 0.05) is 29.6 Å². The quantitative estimate of drug-likeness (QED) is 0.944. The molecule has 1 N–H and O–H groups in total. The number of fused-ring (bicyclic) bond motifs is 1. The first kappa shape index (κ1) is 14.4. The number of amides is 1. The molecule has 1 aromatic heterocycles. The number of rotatable bonds is 3. The molecule has 2 heterocycles. The maximum Gasteiger partial charge on any atom is 0.289 e. The lowest BCUT2D eigenvalue weighted by Crippen LogP contribution is -2.44. The monoisotopic (exact) mass is 307 g/mol. The van der Waals surface area contributed by atoms with E-state index < -0.39 is 0 Å². The number of hydrogen-bond donors (Lipinski definition) is 1. The zero-order chi connectivity index (χ0) is 14.8. The fourth-order valence-corrected chi connectivity index (χ4v) is 3.16. The highest BCUT2D eigenvalue weighted by molar-refractivity contribution is 6.31. The number of hydrogen-bond acceptors (Lipinski definition) is 3. The maximum atomic E-state index is 12.7. The van der Waals surface area contributed by atoms with E-state index in [0.29, 0.717) is 22.8 Å². The van der Waals surface area contributed by atoms with E-state index >= 15 is 0 Å². The van der Waals surface area contributed by atoms with E-state index in [4.69, 9.17) is 21.1 Å². The van der Waals surface area contributed by atoms with Crippen molar-refractivity contribution >= 4 is 28.5 Å². The number of nitrogens with zero attached hydrogens (tertiary/aromatic N) is 1. The highest BCUT2D eigenvalue weighted by atomic mass is 35.5. The normalized spacial score (nSPS) is 19.1. The fraction of sp³-hybridized carbons (Fsp3) is 0.438. The van der Waals surface area contributed by atoms with Crippen LogP contribution in [0.25, 0.3) is 11.0 Å². The van der Waals surface area contributed by atoms with E-state index in [1.54, 1.807) is 24.3 Å². The molecule has 112 valence electrons. The zero-order valence-electron chi connectivity index (χ0n) is 11.7. The van der Waals surface area contributed by atoms with E-state index in [1.165, 1.54) is 0 Å². The van der Waals surface area contributed by atoms with Gasteiger partial charge in [-0.3, -0.25) is 4.79 Å². The SMILES string of the molecule is O=C(c1cc2cc(Cl)ccc2o1)N1CCCCC1CCO. The van der Waals surface area contributed by atoms with Crippen LogP contribution in [0.3, 0.4) is 0 Å². The Balaban J connectivity index is 1.87. The van der Waals surface area contributed by atoms with Gasteiger partial charge in [-0.05, 0) is 49.9 Å². The Kier molecular flexibility index (Phi) is 4.17. The summed E-state index contributed by atoms with van der Waals surface area (Å²) in [6.45, 7) is 0.825. The molecule has 1 saturated heterocycles. The molecule has 3 rings (SSSR count). The highest BCUT2D eigenvalue weighted by Gasteiger charge is 2.28. The minimum atomic E-state index is -0.0968. The molecular weight excluding hydrogens is 290 g/mol. The summed E-state index contributed by atoms with van der Waals surface area (Å²) < 4.78 is 5.65. The lowest BCUT2D eigenvalue weighted by atomic mass is 9.99. The standard InChI is InChI=1S/C16H18ClNO3/c17-12-4-5-14-11(9-12)10-15(21-14)16(20)18-7-2-1-3-13(18)6-8-19/h4-5,9-10,13,19H,1-3,6-8H2. The molecule has 0 spiro atoms. The number of piperidine rings is 1. The van der Waals surface area contributed by atoms with Crippen molar-refractivity contribution in [1.82, 2.24) is 4.90 Å². The summed E-state index contributed by atoms with van der Waals surface area (Å²) in [4.78, 5) is 14.5. The third-order valence-corrected chi connectivity index (χ3v) is 4.27. The molecule has 1 unspecified atom stereocenters. The van der Waals surface area contributed by atoms with Crippen molar-refractivity contribution < 1.29 is 14.3 Å². The topological polar surface area (TPSA) is 53.7 Å². The average molecular weight is 308 g/mol. The van der Waals surface area contributed by atoms with Gasteiger partial charge < -0.3 is 14.4 Å². The largest absolute Gasteiger partial charge is 0.451 e. The Morgan fingerprint density at radius 1 is 1.38 bits per heavy atom. The van der Waals surface area contributed by atoms with Crippen molar-refractivity contribution in [3.05, 3.63) is 35.0 Å². The molecule has 0 saturated carbocycles. The van der Waals surface area contributed by atoms with Crippen molar-refractivity contribution in [2.45, 2.75) is 31.7 Å². The van der Waals surface area contributed by atoms with E-state index in [9.17, 15) is 4.79 Å². The molecular formula is C16H18ClNO3. The van der Waals surface area contributed by atoms with Crippen molar-refractivity contribution in [3.63, 3.8) is 0 Å². The summed E-state index contributed by atoms with van der Waals surface area (Å²) in [5.41, 5.74) is 0.665. The van der Waals surface area contributed by atoms with Crippen molar-refractivity contribution in [1.29, 1.82) is 0 Å². The summed E-state index contributed by atoms with van der Waals surface area (Å²) >= 11 is 5.96. The molecule has 1 aliphatic rings.